The Hall–Kier alpha value is -2.08. The first-order chi connectivity index (χ1) is 9.02. The highest BCUT2D eigenvalue weighted by atomic mass is 16.4. The predicted octanol–water partition coefficient (Wildman–Crippen LogP) is 1.25. The summed E-state index contributed by atoms with van der Waals surface area (Å²) in [5.41, 5.74) is 1.73. The normalized spacial score (nSPS) is 11.7. The summed E-state index contributed by atoms with van der Waals surface area (Å²) in [7, 11) is 1.85. The molecule has 1 atom stereocenters. The first-order valence-corrected chi connectivity index (χ1v) is 6.04. The van der Waals surface area contributed by atoms with Crippen molar-refractivity contribution in [3.05, 3.63) is 29.8 Å². The van der Waals surface area contributed by atoms with Crippen LogP contribution in [0.5, 0.6) is 0 Å². The highest BCUT2D eigenvalue weighted by Crippen LogP contribution is 2.10. The third kappa shape index (κ3) is 5.39. The second kappa shape index (κ2) is 7.38. The molecule has 104 valence electrons. The molecule has 0 bridgehead atoms. The molecule has 1 unspecified atom stereocenters. The third-order valence-electron chi connectivity index (χ3n) is 2.56. The van der Waals surface area contributed by atoms with Crippen molar-refractivity contribution in [1.29, 1.82) is 0 Å². The van der Waals surface area contributed by atoms with Crippen LogP contribution in [0.15, 0.2) is 24.3 Å². The van der Waals surface area contributed by atoms with E-state index in [1.54, 1.807) is 6.07 Å². The fraction of sp³-hybridized carbons (Fsp3) is 0.385. The largest absolute Gasteiger partial charge is 0.481 e. The third-order valence-corrected chi connectivity index (χ3v) is 2.56. The molecule has 0 aliphatic rings. The summed E-state index contributed by atoms with van der Waals surface area (Å²) in [5, 5.41) is 16.9. The number of anilines is 1. The van der Waals surface area contributed by atoms with Crippen LogP contribution in [0.4, 0.5) is 10.5 Å². The zero-order chi connectivity index (χ0) is 14.3. The molecule has 6 nitrogen and oxygen atoms in total. The van der Waals surface area contributed by atoms with Gasteiger partial charge in [0.25, 0.3) is 0 Å². The van der Waals surface area contributed by atoms with Gasteiger partial charge >= 0.3 is 12.0 Å². The minimum absolute atomic E-state index is 0.0946. The van der Waals surface area contributed by atoms with E-state index in [-0.39, 0.29) is 6.54 Å². The Morgan fingerprint density at radius 1 is 1.37 bits per heavy atom. The predicted molar refractivity (Wildman–Crippen MR) is 73.0 cm³/mol. The van der Waals surface area contributed by atoms with Crippen molar-refractivity contribution >= 4 is 17.7 Å². The Morgan fingerprint density at radius 3 is 2.74 bits per heavy atom. The zero-order valence-electron chi connectivity index (χ0n) is 11.1. The average Bonchev–Trinajstić information content (AvgIpc) is 2.36. The van der Waals surface area contributed by atoms with E-state index in [9.17, 15) is 9.59 Å². The minimum Gasteiger partial charge on any atom is -0.481 e. The van der Waals surface area contributed by atoms with Gasteiger partial charge in [-0.15, -0.1) is 0 Å². The quantitative estimate of drug-likeness (QED) is 0.623. The lowest BCUT2D eigenvalue weighted by Gasteiger charge is -2.10. The molecule has 6 heteroatoms. The Balaban J connectivity index is 2.48. The molecule has 0 aliphatic heterocycles. The number of urea groups is 1. The van der Waals surface area contributed by atoms with Crippen molar-refractivity contribution in [2.75, 3.05) is 18.9 Å². The Bertz CT molecular complexity index is 449. The van der Waals surface area contributed by atoms with E-state index in [4.69, 9.17) is 5.11 Å². The van der Waals surface area contributed by atoms with Crippen molar-refractivity contribution in [2.24, 2.45) is 5.92 Å². The van der Waals surface area contributed by atoms with Gasteiger partial charge in [0.15, 0.2) is 0 Å². The van der Waals surface area contributed by atoms with Crippen molar-refractivity contribution < 1.29 is 14.7 Å². The number of amides is 2. The van der Waals surface area contributed by atoms with Gasteiger partial charge < -0.3 is 21.1 Å². The summed E-state index contributed by atoms with van der Waals surface area (Å²) in [6, 6.07) is 7.03. The van der Waals surface area contributed by atoms with Crippen molar-refractivity contribution in [3.8, 4) is 0 Å². The van der Waals surface area contributed by atoms with Crippen LogP contribution in [0.25, 0.3) is 0 Å². The maximum atomic E-state index is 11.6. The molecule has 0 saturated carbocycles. The fourth-order valence-corrected chi connectivity index (χ4v) is 1.47. The first-order valence-electron chi connectivity index (χ1n) is 6.04. The number of hydrogen-bond donors (Lipinski definition) is 4. The van der Waals surface area contributed by atoms with Crippen LogP contribution in [-0.2, 0) is 11.3 Å². The number of carbonyl (C=O) groups is 2. The van der Waals surface area contributed by atoms with Crippen LogP contribution in [0.1, 0.15) is 12.5 Å². The lowest BCUT2D eigenvalue weighted by Crippen LogP contribution is -2.34. The maximum Gasteiger partial charge on any atom is 0.319 e. The van der Waals surface area contributed by atoms with E-state index < -0.39 is 17.9 Å². The lowest BCUT2D eigenvalue weighted by molar-refractivity contribution is -0.140. The molecule has 19 heavy (non-hydrogen) atoms. The molecule has 0 saturated heterocycles. The summed E-state index contributed by atoms with van der Waals surface area (Å²) in [6.45, 7) is 2.35. The molecular formula is C13H19N3O3. The van der Waals surface area contributed by atoms with Crippen LogP contribution >= 0.6 is 0 Å². The highest BCUT2D eigenvalue weighted by Gasteiger charge is 2.11. The number of benzene rings is 1. The molecule has 0 spiro atoms. The van der Waals surface area contributed by atoms with E-state index in [0.717, 1.165) is 5.56 Å². The van der Waals surface area contributed by atoms with Crippen LogP contribution < -0.4 is 16.0 Å². The van der Waals surface area contributed by atoms with Gasteiger partial charge in [0.05, 0.1) is 5.92 Å². The van der Waals surface area contributed by atoms with Gasteiger partial charge in [-0.2, -0.15) is 0 Å². The molecule has 1 aromatic rings. The summed E-state index contributed by atoms with van der Waals surface area (Å²) in [5.74, 6) is -1.54. The number of carboxylic acid groups (broad SMARTS) is 1. The van der Waals surface area contributed by atoms with Gasteiger partial charge in [-0.1, -0.05) is 19.1 Å². The summed E-state index contributed by atoms with van der Waals surface area (Å²) in [6.07, 6.45) is 0. The SMILES string of the molecule is CNCc1cccc(NC(=O)NCC(C)C(=O)O)c1. The van der Waals surface area contributed by atoms with Crippen molar-refractivity contribution in [2.45, 2.75) is 13.5 Å². The van der Waals surface area contributed by atoms with Gasteiger partial charge in [0.2, 0.25) is 0 Å². The van der Waals surface area contributed by atoms with Crippen LogP contribution in [0.3, 0.4) is 0 Å². The number of carboxylic acids is 1. The standard InChI is InChI=1S/C13H19N3O3/c1-9(12(17)18)7-15-13(19)16-11-5-3-4-10(6-11)8-14-2/h3-6,9,14H,7-8H2,1-2H3,(H,17,18)(H2,15,16,19). The fourth-order valence-electron chi connectivity index (χ4n) is 1.47. The maximum absolute atomic E-state index is 11.6. The van der Waals surface area contributed by atoms with Crippen molar-refractivity contribution in [1.82, 2.24) is 10.6 Å². The first kappa shape index (κ1) is 15.0. The van der Waals surface area contributed by atoms with Gasteiger partial charge in [0, 0.05) is 18.8 Å². The number of nitrogens with one attached hydrogen (secondary N) is 3. The molecule has 0 heterocycles. The van der Waals surface area contributed by atoms with E-state index >= 15 is 0 Å². The number of aliphatic carboxylic acids is 1. The molecule has 0 aromatic heterocycles. The zero-order valence-corrected chi connectivity index (χ0v) is 11.1. The average molecular weight is 265 g/mol. The second-order valence-electron chi connectivity index (χ2n) is 4.31. The van der Waals surface area contributed by atoms with Gasteiger partial charge in [-0.05, 0) is 24.7 Å². The number of hydrogen-bond acceptors (Lipinski definition) is 3. The highest BCUT2D eigenvalue weighted by molar-refractivity contribution is 5.89. The smallest absolute Gasteiger partial charge is 0.319 e. The minimum atomic E-state index is -0.934. The monoisotopic (exact) mass is 265 g/mol. The second-order valence-corrected chi connectivity index (χ2v) is 4.31. The molecule has 4 N–H and O–H groups in total. The molecule has 1 aromatic carbocycles. The summed E-state index contributed by atoms with van der Waals surface area (Å²) < 4.78 is 0. The molecule has 1 rings (SSSR count). The van der Waals surface area contributed by atoms with E-state index in [2.05, 4.69) is 16.0 Å². The molecular weight excluding hydrogens is 246 g/mol. The van der Waals surface area contributed by atoms with Gasteiger partial charge in [0.1, 0.15) is 0 Å². The Morgan fingerprint density at radius 2 is 2.11 bits per heavy atom. The summed E-state index contributed by atoms with van der Waals surface area (Å²) in [4.78, 5) is 22.2. The topological polar surface area (TPSA) is 90.5 Å². The number of rotatable bonds is 6. The van der Waals surface area contributed by atoms with Crippen molar-refractivity contribution in [3.63, 3.8) is 0 Å². The van der Waals surface area contributed by atoms with E-state index in [0.29, 0.717) is 12.2 Å². The molecule has 0 aliphatic carbocycles. The van der Waals surface area contributed by atoms with Crippen LogP contribution in [0.2, 0.25) is 0 Å². The Labute approximate surface area is 112 Å². The molecule has 2 amide bonds. The molecule has 0 fully saturated rings. The van der Waals surface area contributed by atoms with E-state index in [1.165, 1.54) is 6.92 Å². The van der Waals surface area contributed by atoms with E-state index in [1.807, 2.05) is 25.2 Å². The Kier molecular flexibility index (Phi) is 5.81. The van der Waals surface area contributed by atoms with Crippen LogP contribution in [0, 0.1) is 5.92 Å². The molecule has 0 radical (unpaired) electrons. The van der Waals surface area contributed by atoms with Gasteiger partial charge in [-0.3, -0.25) is 4.79 Å². The number of carbonyl (C=O) groups excluding carboxylic acids is 1. The van der Waals surface area contributed by atoms with Gasteiger partial charge in [-0.25, -0.2) is 4.79 Å². The van der Waals surface area contributed by atoms with Crippen LogP contribution in [-0.4, -0.2) is 30.7 Å². The summed E-state index contributed by atoms with van der Waals surface area (Å²) >= 11 is 0. The lowest BCUT2D eigenvalue weighted by atomic mass is 10.2.